The number of carbonyl (C=O) groups is 1. The number of nitrogens with one attached hydrogen (secondary N) is 1. The van der Waals surface area contributed by atoms with Crippen LogP contribution in [0.1, 0.15) is 54.6 Å². The van der Waals surface area contributed by atoms with Gasteiger partial charge in [0.1, 0.15) is 5.56 Å². The Hall–Kier alpha value is -2.47. The van der Waals surface area contributed by atoms with E-state index in [2.05, 4.69) is 17.1 Å². The Morgan fingerprint density at radius 3 is 2.57 bits per heavy atom. The highest BCUT2D eigenvalue weighted by Gasteiger charge is 2.23. The van der Waals surface area contributed by atoms with Gasteiger partial charge in [-0.25, -0.2) is 4.68 Å². The molecule has 6 heteroatoms. The van der Waals surface area contributed by atoms with Gasteiger partial charge in [-0.2, -0.15) is 16.9 Å². The first-order valence-corrected chi connectivity index (χ1v) is 12.0. The fourth-order valence-electron chi connectivity index (χ4n) is 4.09. The second-order valence-electron chi connectivity index (χ2n) is 7.86. The quantitative estimate of drug-likeness (QED) is 0.510. The number of rotatable bonds is 8. The van der Waals surface area contributed by atoms with Crippen LogP contribution >= 0.6 is 11.8 Å². The SMILES string of the molecule is Cc1nn(-c2ccccc2)c(-n2cccc2)c1C(=O)NCCCSC1CCCCC1. The highest BCUT2D eigenvalue weighted by molar-refractivity contribution is 7.99. The van der Waals surface area contributed by atoms with E-state index in [1.54, 1.807) is 0 Å². The van der Waals surface area contributed by atoms with Crippen molar-refractivity contribution in [3.8, 4) is 11.5 Å². The lowest BCUT2D eigenvalue weighted by atomic mass is 10.0. The van der Waals surface area contributed by atoms with Crippen LogP contribution in [0, 0.1) is 6.92 Å². The van der Waals surface area contributed by atoms with E-state index in [9.17, 15) is 4.79 Å². The number of para-hydroxylation sites is 1. The van der Waals surface area contributed by atoms with Crippen molar-refractivity contribution in [2.45, 2.75) is 50.7 Å². The predicted octanol–water partition coefficient (Wildman–Crippen LogP) is 5.16. The summed E-state index contributed by atoms with van der Waals surface area (Å²) in [5.41, 5.74) is 2.30. The van der Waals surface area contributed by atoms with E-state index >= 15 is 0 Å². The third-order valence-electron chi connectivity index (χ3n) is 5.63. The number of aromatic nitrogens is 3. The summed E-state index contributed by atoms with van der Waals surface area (Å²) in [7, 11) is 0. The highest BCUT2D eigenvalue weighted by atomic mass is 32.2. The van der Waals surface area contributed by atoms with Crippen molar-refractivity contribution in [2.75, 3.05) is 12.3 Å². The number of aryl methyl sites for hydroxylation is 1. The number of benzene rings is 1. The van der Waals surface area contributed by atoms with Gasteiger partial charge in [0, 0.05) is 24.2 Å². The summed E-state index contributed by atoms with van der Waals surface area (Å²) in [5.74, 6) is 1.83. The minimum absolute atomic E-state index is 0.0546. The average molecular weight is 423 g/mol. The van der Waals surface area contributed by atoms with Crippen molar-refractivity contribution in [3.63, 3.8) is 0 Å². The average Bonchev–Trinajstić information content (AvgIpc) is 3.42. The summed E-state index contributed by atoms with van der Waals surface area (Å²) in [6, 6.07) is 13.9. The van der Waals surface area contributed by atoms with Gasteiger partial charge in [-0.3, -0.25) is 4.79 Å². The molecule has 1 amide bonds. The van der Waals surface area contributed by atoms with Crippen LogP contribution in [-0.4, -0.2) is 37.8 Å². The molecule has 1 aromatic carbocycles. The van der Waals surface area contributed by atoms with Crippen molar-refractivity contribution in [2.24, 2.45) is 0 Å². The summed E-state index contributed by atoms with van der Waals surface area (Å²) in [6.45, 7) is 2.60. The normalized spacial score (nSPS) is 14.7. The van der Waals surface area contributed by atoms with Gasteiger partial charge >= 0.3 is 0 Å². The molecule has 30 heavy (non-hydrogen) atoms. The third-order valence-corrected chi connectivity index (χ3v) is 7.09. The van der Waals surface area contributed by atoms with E-state index in [1.165, 1.54) is 32.1 Å². The molecule has 0 unspecified atom stereocenters. The lowest BCUT2D eigenvalue weighted by Crippen LogP contribution is -2.26. The van der Waals surface area contributed by atoms with Crippen molar-refractivity contribution >= 4 is 17.7 Å². The van der Waals surface area contributed by atoms with Crippen molar-refractivity contribution in [1.29, 1.82) is 0 Å². The first kappa shape index (κ1) is 20.8. The maximum absolute atomic E-state index is 13.1. The Balaban J connectivity index is 1.45. The maximum Gasteiger partial charge on any atom is 0.256 e. The second kappa shape index (κ2) is 10.0. The van der Waals surface area contributed by atoms with Crippen molar-refractivity contribution < 1.29 is 4.79 Å². The summed E-state index contributed by atoms with van der Waals surface area (Å²) in [6.07, 6.45) is 11.8. The van der Waals surface area contributed by atoms with Gasteiger partial charge in [0.15, 0.2) is 5.82 Å². The lowest BCUT2D eigenvalue weighted by molar-refractivity contribution is 0.0953. The largest absolute Gasteiger partial charge is 0.352 e. The monoisotopic (exact) mass is 422 g/mol. The zero-order valence-corrected chi connectivity index (χ0v) is 18.4. The fourth-order valence-corrected chi connectivity index (χ4v) is 5.40. The molecule has 1 N–H and O–H groups in total. The van der Waals surface area contributed by atoms with Gasteiger partial charge in [-0.05, 0) is 56.2 Å². The number of thioether (sulfide) groups is 1. The molecule has 0 atom stereocenters. The number of carbonyl (C=O) groups excluding carboxylic acids is 1. The maximum atomic E-state index is 13.1. The van der Waals surface area contributed by atoms with Crippen LogP contribution < -0.4 is 5.32 Å². The van der Waals surface area contributed by atoms with E-state index in [0.717, 1.165) is 34.6 Å². The molecule has 1 fully saturated rings. The number of nitrogens with zero attached hydrogens (tertiary/aromatic N) is 3. The summed E-state index contributed by atoms with van der Waals surface area (Å²) >= 11 is 2.08. The van der Waals surface area contributed by atoms with Crippen LogP contribution in [0.4, 0.5) is 0 Å². The van der Waals surface area contributed by atoms with E-state index in [-0.39, 0.29) is 5.91 Å². The number of amides is 1. The molecule has 1 saturated carbocycles. The van der Waals surface area contributed by atoms with Crippen LogP contribution in [0.5, 0.6) is 0 Å². The lowest BCUT2D eigenvalue weighted by Gasteiger charge is -2.20. The standard InChI is InChI=1S/C24H30N4OS/c1-19-22(23(29)25-15-10-18-30-21-13-6-3-7-14-21)24(27-16-8-9-17-27)28(26-19)20-11-4-2-5-12-20/h2,4-5,8-9,11-12,16-17,21H,3,6-7,10,13-15,18H2,1H3,(H,25,29). The molecule has 2 aromatic heterocycles. The van der Waals surface area contributed by atoms with Crippen LogP contribution in [0.25, 0.3) is 11.5 Å². The van der Waals surface area contributed by atoms with E-state index in [4.69, 9.17) is 5.10 Å². The minimum atomic E-state index is -0.0546. The Bertz CT molecular complexity index is 943. The summed E-state index contributed by atoms with van der Waals surface area (Å²) < 4.78 is 3.81. The molecule has 2 heterocycles. The highest BCUT2D eigenvalue weighted by Crippen LogP contribution is 2.28. The molecule has 0 aliphatic heterocycles. The second-order valence-corrected chi connectivity index (χ2v) is 9.27. The number of hydrogen-bond acceptors (Lipinski definition) is 3. The zero-order chi connectivity index (χ0) is 20.8. The topological polar surface area (TPSA) is 51.9 Å². The van der Waals surface area contributed by atoms with Crippen molar-refractivity contribution in [1.82, 2.24) is 19.7 Å². The Labute approximate surface area is 182 Å². The summed E-state index contributed by atoms with van der Waals surface area (Å²) in [5, 5.41) is 8.64. The number of hydrogen-bond donors (Lipinski definition) is 1. The van der Waals surface area contributed by atoms with Gasteiger partial charge in [-0.15, -0.1) is 0 Å². The molecule has 0 spiro atoms. The molecule has 0 saturated heterocycles. The molecular formula is C24H30N4OS. The fraction of sp³-hybridized carbons (Fsp3) is 0.417. The van der Waals surface area contributed by atoms with E-state index in [1.807, 2.05) is 71.0 Å². The van der Waals surface area contributed by atoms with E-state index in [0.29, 0.717) is 12.1 Å². The first-order valence-electron chi connectivity index (χ1n) is 10.9. The molecular weight excluding hydrogens is 392 g/mol. The Morgan fingerprint density at radius 2 is 1.83 bits per heavy atom. The molecule has 3 aromatic rings. The van der Waals surface area contributed by atoms with Crippen LogP contribution in [0.2, 0.25) is 0 Å². The van der Waals surface area contributed by atoms with Crippen LogP contribution in [0.3, 0.4) is 0 Å². The predicted molar refractivity (Wildman–Crippen MR) is 124 cm³/mol. The Kier molecular flexibility index (Phi) is 6.95. The molecule has 4 rings (SSSR count). The third kappa shape index (κ3) is 4.81. The van der Waals surface area contributed by atoms with Crippen molar-refractivity contribution in [3.05, 3.63) is 66.1 Å². The molecule has 1 aliphatic carbocycles. The molecule has 0 radical (unpaired) electrons. The molecule has 0 bridgehead atoms. The van der Waals surface area contributed by atoms with Gasteiger partial charge in [0.05, 0.1) is 11.4 Å². The smallest absolute Gasteiger partial charge is 0.256 e. The summed E-state index contributed by atoms with van der Waals surface area (Å²) in [4.78, 5) is 13.1. The van der Waals surface area contributed by atoms with Gasteiger partial charge in [0.25, 0.3) is 5.91 Å². The first-order chi connectivity index (χ1) is 14.7. The zero-order valence-electron chi connectivity index (χ0n) is 17.6. The van der Waals surface area contributed by atoms with Gasteiger partial charge in [0.2, 0.25) is 0 Å². The molecule has 158 valence electrons. The van der Waals surface area contributed by atoms with Gasteiger partial charge < -0.3 is 9.88 Å². The minimum Gasteiger partial charge on any atom is -0.352 e. The Morgan fingerprint density at radius 1 is 1.10 bits per heavy atom. The van der Waals surface area contributed by atoms with Crippen LogP contribution in [0.15, 0.2) is 54.9 Å². The molecule has 5 nitrogen and oxygen atoms in total. The van der Waals surface area contributed by atoms with E-state index < -0.39 is 0 Å². The van der Waals surface area contributed by atoms with Gasteiger partial charge in [-0.1, -0.05) is 37.5 Å². The molecule has 1 aliphatic rings. The van der Waals surface area contributed by atoms with Crippen LogP contribution in [-0.2, 0) is 0 Å².